The molecule has 4 aromatic heterocycles. The molecule has 0 amide bonds. The maximum atomic E-state index is 10.2. The van der Waals surface area contributed by atoms with Gasteiger partial charge in [0.1, 0.15) is 23.4 Å². The molecule has 202 valence electrons. The second-order valence-electron chi connectivity index (χ2n) is 11.0. The van der Waals surface area contributed by atoms with E-state index < -0.39 is 0 Å². The van der Waals surface area contributed by atoms with Gasteiger partial charge in [-0.25, -0.2) is 9.97 Å². The van der Waals surface area contributed by atoms with Crippen molar-refractivity contribution in [2.24, 2.45) is 0 Å². The van der Waals surface area contributed by atoms with Crippen LogP contribution in [0.1, 0.15) is 11.1 Å². The van der Waals surface area contributed by atoms with E-state index in [4.69, 9.17) is 9.97 Å². The maximum Gasteiger partial charge on any atom is 0.145 e. The second kappa shape index (κ2) is 9.00. The summed E-state index contributed by atoms with van der Waals surface area (Å²) in [4.78, 5) is 9.72. The maximum absolute atomic E-state index is 10.2. The average molecular weight is 561 g/mol. The van der Waals surface area contributed by atoms with Gasteiger partial charge in [0, 0.05) is 33.9 Å². The molecule has 0 aliphatic carbocycles. The minimum Gasteiger partial charge on any atom is -0.292 e. The Morgan fingerprint density at radius 3 is 1.27 bits per heavy atom. The Bertz CT molecular complexity index is 2560. The van der Waals surface area contributed by atoms with Gasteiger partial charge in [-0.05, 0) is 82.2 Å². The van der Waals surface area contributed by atoms with Gasteiger partial charge >= 0.3 is 0 Å². The fourth-order valence-corrected chi connectivity index (χ4v) is 6.66. The zero-order valence-corrected chi connectivity index (χ0v) is 23.2. The lowest BCUT2D eigenvalue weighted by Gasteiger charge is -2.17. The first-order valence-corrected chi connectivity index (χ1v) is 14.3. The summed E-state index contributed by atoms with van der Waals surface area (Å²) in [5.41, 5.74) is 5.56. The fourth-order valence-electron chi connectivity index (χ4n) is 6.66. The normalized spacial score (nSPS) is 11.6. The highest BCUT2D eigenvalue weighted by atomic mass is 15.1. The highest BCUT2D eigenvalue weighted by molar-refractivity contribution is 6.14. The lowest BCUT2D eigenvalue weighted by Crippen LogP contribution is -2.06. The van der Waals surface area contributed by atoms with E-state index >= 15 is 0 Å². The van der Waals surface area contributed by atoms with E-state index in [0.29, 0.717) is 11.1 Å². The van der Waals surface area contributed by atoms with Crippen LogP contribution < -0.4 is 0 Å². The monoisotopic (exact) mass is 560 g/mol. The molecule has 0 aliphatic rings. The van der Waals surface area contributed by atoms with Crippen LogP contribution in [0.25, 0.3) is 76.8 Å². The number of nitrogens with zero attached hydrogens (tertiary/aromatic N) is 6. The molecule has 0 fully saturated rings. The summed E-state index contributed by atoms with van der Waals surface area (Å²) in [5.74, 6) is 0. The highest BCUT2D eigenvalue weighted by Gasteiger charge is 2.23. The summed E-state index contributed by atoms with van der Waals surface area (Å²) in [7, 11) is 0. The molecule has 5 aromatic carbocycles. The number of rotatable bonds is 2. The Labute approximate surface area is 250 Å². The molecule has 6 heteroatoms. The van der Waals surface area contributed by atoms with Crippen LogP contribution >= 0.6 is 0 Å². The van der Waals surface area contributed by atoms with Crippen LogP contribution in [0.2, 0.25) is 0 Å². The molecule has 0 aliphatic heterocycles. The zero-order chi connectivity index (χ0) is 29.4. The van der Waals surface area contributed by atoms with Gasteiger partial charge < -0.3 is 0 Å². The van der Waals surface area contributed by atoms with Gasteiger partial charge in [-0.1, -0.05) is 48.5 Å². The van der Waals surface area contributed by atoms with E-state index in [2.05, 4.69) is 81.9 Å². The van der Waals surface area contributed by atoms with Crippen LogP contribution in [0.3, 0.4) is 0 Å². The lowest BCUT2D eigenvalue weighted by molar-refractivity contribution is 1.06. The van der Waals surface area contributed by atoms with Gasteiger partial charge in [0.15, 0.2) is 0 Å². The summed E-state index contributed by atoms with van der Waals surface area (Å²) in [6.07, 6.45) is 3.58. The molecule has 0 saturated heterocycles. The van der Waals surface area contributed by atoms with E-state index in [1.807, 2.05) is 48.5 Å². The van der Waals surface area contributed by atoms with E-state index in [9.17, 15) is 10.5 Å². The number of nitriles is 2. The molecule has 0 N–H and O–H groups in total. The molecule has 0 unspecified atom stereocenters. The van der Waals surface area contributed by atoms with Gasteiger partial charge in [0.2, 0.25) is 0 Å². The molecule has 9 aromatic rings. The Morgan fingerprint density at radius 2 is 0.864 bits per heavy atom. The molecule has 44 heavy (non-hydrogen) atoms. The van der Waals surface area contributed by atoms with Crippen molar-refractivity contribution in [1.29, 1.82) is 10.5 Å². The molecule has 0 bridgehead atoms. The Kier molecular flexibility index (Phi) is 4.93. The van der Waals surface area contributed by atoms with Crippen molar-refractivity contribution >= 4 is 65.4 Å². The third-order valence-corrected chi connectivity index (χ3v) is 8.62. The number of hydrogen-bond donors (Lipinski definition) is 0. The average Bonchev–Trinajstić information content (AvgIpc) is 3.57. The molecular weight excluding hydrogens is 540 g/mol. The summed E-state index contributed by atoms with van der Waals surface area (Å²) < 4.78 is 4.24. The Hall–Kier alpha value is -6.50. The molecule has 9 rings (SSSR count). The third kappa shape index (κ3) is 3.28. The number of benzene rings is 5. The van der Waals surface area contributed by atoms with Crippen LogP contribution in [-0.2, 0) is 0 Å². The van der Waals surface area contributed by atoms with E-state index in [0.717, 1.165) is 76.8 Å². The first kappa shape index (κ1) is 24.1. The first-order chi connectivity index (χ1) is 21.7. The summed E-state index contributed by atoms with van der Waals surface area (Å²) in [5, 5.41) is 29.0. The number of hydrogen-bond acceptors (Lipinski definition) is 4. The molecular formula is C38H20N6. The minimum absolute atomic E-state index is 0.303. The third-order valence-electron chi connectivity index (χ3n) is 8.62. The van der Waals surface area contributed by atoms with Gasteiger partial charge in [0.05, 0.1) is 33.5 Å². The van der Waals surface area contributed by atoms with Crippen LogP contribution in [0.15, 0.2) is 122 Å². The van der Waals surface area contributed by atoms with E-state index in [1.54, 1.807) is 12.4 Å². The Balaban J connectivity index is 1.50. The van der Waals surface area contributed by atoms with E-state index in [-0.39, 0.29) is 0 Å². The van der Waals surface area contributed by atoms with Crippen LogP contribution in [0.5, 0.6) is 0 Å². The number of aromatic nitrogens is 4. The molecule has 0 spiro atoms. The summed E-state index contributed by atoms with van der Waals surface area (Å²) in [6.45, 7) is 0. The second-order valence-corrected chi connectivity index (χ2v) is 11.0. The van der Waals surface area contributed by atoms with Crippen molar-refractivity contribution < 1.29 is 0 Å². The predicted octanol–water partition coefficient (Wildman–Crippen LogP) is 8.72. The van der Waals surface area contributed by atoms with Gasteiger partial charge in [0.25, 0.3) is 0 Å². The van der Waals surface area contributed by atoms with Crippen LogP contribution in [0.4, 0.5) is 0 Å². The smallest absolute Gasteiger partial charge is 0.145 e. The van der Waals surface area contributed by atoms with Crippen molar-refractivity contribution in [1.82, 2.24) is 19.1 Å². The highest BCUT2D eigenvalue weighted by Crippen LogP contribution is 2.40. The predicted molar refractivity (Wildman–Crippen MR) is 175 cm³/mol. The van der Waals surface area contributed by atoms with Crippen molar-refractivity contribution in [2.75, 3.05) is 0 Å². The first-order valence-electron chi connectivity index (χ1n) is 14.3. The van der Waals surface area contributed by atoms with Crippen molar-refractivity contribution in [3.05, 3.63) is 133 Å². The number of fused-ring (bicyclic) bond motifs is 8. The Morgan fingerprint density at radius 1 is 0.455 bits per heavy atom. The minimum atomic E-state index is 0.303. The standard InChI is InChI=1S/C38H20N6/c39-21-27-19-35(43-33-17-25-9-3-1-7-23(25)15-31(33)29-11-5-13-41-37(29)43)36(20-28(27)22-40)44-34-18-26-10-4-2-8-24(26)16-32(34)30-12-6-14-42-38(30)44/h1-20H. The van der Waals surface area contributed by atoms with Crippen LogP contribution in [0, 0.1) is 22.7 Å². The molecule has 4 heterocycles. The van der Waals surface area contributed by atoms with Crippen molar-refractivity contribution in [3.8, 4) is 23.5 Å². The zero-order valence-electron chi connectivity index (χ0n) is 23.2. The summed E-state index contributed by atoms with van der Waals surface area (Å²) in [6, 6.07) is 41.6. The van der Waals surface area contributed by atoms with Gasteiger partial charge in [-0.15, -0.1) is 0 Å². The quantitative estimate of drug-likeness (QED) is 0.212. The lowest BCUT2D eigenvalue weighted by atomic mass is 10.0. The van der Waals surface area contributed by atoms with Gasteiger partial charge in [-0.3, -0.25) is 9.13 Å². The van der Waals surface area contributed by atoms with Crippen molar-refractivity contribution in [2.45, 2.75) is 0 Å². The van der Waals surface area contributed by atoms with E-state index in [1.165, 1.54) is 0 Å². The van der Waals surface area contributed by atoms with Gasteiger partial charge in [-0.2, -0.15) is 10.5 Å². The molecule has 0 atom stereocenters. The topological polar surface area (TPSA) is 83.2 Å². The summed E-state index contributed by atoms with van der Waals surface area (Å²) >= 11 is 0. The largest absolute Gasteiger partial charge is 0.292 e. The van der Waals surface area contributed by atoms with Crippen molar-refractivity contribution in [3.63, 3.8) is 0 Å². The molecule has 0 saturated carbocycles. The molecule has 6 nitrogen and oxygen atoms in total. The number of pyridine rings is 2. The molecule has 0 radical (unpaired) electrons. The van der Waals surface area contributed by atoms with Crippen LogP contribution in [-0.4, -0.2) is 19.1 Å². The fraction of sp³-hybridized carbons (Fsp3) is 0. The SMILES string of the molecule is N#Cc1cc(-n2c3cc4ccccc4cc3c3cccnc32)c(-n2c3cc4ccccc4cc3c3cccnc32)cc1C#N.